The summed E-state index contributed by atoms with van der Waals surface area (Å²) in [6.45, 7) is 0. The number of hydrogen-bond acceptors (Lipinski definition) is 2. The molecule has 1 heterocycles. The van der Waals surface area contributed by atoms with Gasteiger partial charge in [0.25, 0.3) is 0 Å². The molecular formula is C12H11BrN2O2. The van der Waals surface area contributed by atoms with Crippen LogP contribution in [0.3, 0.4) is 0 Å². The second-order valence-electron chi connectivity index (χ2n) is 3.65. The third-order valence-corrected chi connectivity index (χ3v) is 2.83. The van der Waals surface area contributed by atoms with Crippen LogP contribution in [-0.4, -0.2) is 21.0 Å². The van der Waals surface area contributed by atoms with E-state index in [1.807, 2.05) is 24.3 Å². The SMILES string of the molecule is O=C(O)CCc1ncc(-c2cccc(Br)c2)[nH]1. The van der Waals surface area contributed by atoms with Crippen molar-refractivity contribution in [2.75, 3.05) is 0 Å². The first kappa shape index (κ1) is 11.9. The van der Waals surface area contributed by atoms with Gasteiger partial charge in [-0.3, -0.25) is 4.79 Å². The fraction of sp³-hybridized carbons (Fsp3) is 0.167. The van der Waals surface area contributed by atoms with Gasteiger partial charge in [0.1, 0.15) is 5.82 Å². The first-order valence-corrected chi connectivity index (χ1v) is 5.96. The average Bonchev–Trinajstić information content (AvgIpc) is 2.75. The number of nitrogens with zero attached hydrogens (tertiary/aromatic N) is 1. The second kappa shape index (κ2) is 5.14. The van der Waals surface area contributed by atoms with Crippen molar-refractivity contribution in [3.63, 3.8) is 0 Å². The molecule has 0 spiro atoms. The van der Waals surface area contributed by atoms with Crippen LogP contribution in [0.15, 0.2) is 34.9 Å². The minimum Gasteiger partial charge on any atom is -0.481 e. The Hall–Kier alpha value is -1.62. The zero-order valence-corrected chi connectivity index (χ0v) is 10.6. The number of aliphatic carboxylic acids is 1. The molecule has 2 N–H and O–H groups in total. The molecule has 4 nitrogen and oxygen atoms in total. The number of aromatic nitrogens is 2. The van der Waals surface area contributed by atoms with Crippen LogP contribution >= 0.6 is 15.9 Å². The van der Waals surface area contributed by atoms with Gasteiger partial charge >= 0.3 is 5.97 Å². The van der Waals surface area contributed by atoms with Crippen LogP contribution in [-0.2, 0) is 11.2 Å². The van der Waals surface area contributed by atoms with E-state index < -0.39 is 5.97 Å². The van der Waals surface area contributed by atoms with Crippen molar-refractivity contribution in [2.45, 2.75) is 12.8 Å². The monoisotopic (exact) mass is 294 g/mol. The molecule has 1 aromatic heterocycles. The summed E-state index contributed by atoms with van der Waals surface area (Å²) in [6.07, 6.45) is 2.23. The Balaban J connectivity index is 2.15. The van der Waals surface area contributed by atoms with Crippen molar-refractivity contribution in [3.8, 4) is 11.3 Å². The van der Waals surface area contributed by atoms with Gasteiger partial charge in [-0.15, -0.1) is 0 Å². The minimum absolute atomic E-state index is 0.0887. The molecule has 2 aromatic rings. The molecule has 0 radical (unpaired) electrons. The molecule has 0 bridgehead atoms. The number of halogens is 1. The molecular weight excluding hydrogens is 284 g/mol. The fourth-order valence-electron chi connectivity index (χ4n) is 1.52. The van der Waals surface area contributed by atoms with Gasteiger partial charge in [-0.05, 0) is 12.1 Å². The molecule has 2 rings (SSSR count). The second-order valence-corrected chi connectivity index (χ2v) is 4.56. The molecule has 0 aliphatic carbocycles. The molecule has 0 aliphatic rings. The number of aryl methyl sites for hydroxylation is 1. The van der Waals surface area contributed by atoms with Crippen LogP contribution in [0.1, 0.15) is 12.2 Å². The lowest BCUT2D eigenvalue weighted by molar-refractivity contribution is -0.137. The highest BCUT2D eigenvalue weighted by Gasteiger charge is 2.05. The van der Waals surface area contributed by atoms with Crippen LogP contribution in [0.2, 0.25) is 0 Å². The Bertz CT molecular complexity index is 537. The molecule has 88 valence electrons. The van der Waals surface area contributed by atoms with E-state index in [0.29, 0.717) is 12.2 Å². The number of rotatable bonds is 4. The molecule has 0 unspecified atom stereocenters. The van der Waals surface area contributed by atoms with Crippen molar-refractivity contribution in [1.82, 2.24) is 9.97 Å². The highest BCUT2D eigenvalue weighted by molar-refractivity contribution is 9.10. The normalized spacial score (nSPS) is 10.4. The Labute approximate surface area is 107 Å². The topological polar surface area (TPSA) is 66.0 Å². The lowest BCUT2D eigenvalue weighted by atomic mass is 10.2. The third kappa shape index (κ3) is 3.17. The number of imidazole rings is 1. The van der Waals surface area contributed by atoms with Gasteiger partial charge in [-0.25, -0.2) is 4.98 Å². The van der Waals surface area contributed by atoms with Gasteiger partial charge in [0.2, 0.25) is 0 Å². The van der Waals surface area contributed by atoms with E-state index in [-0.39, 0.29) is 6.42 Å². The van der Waals surface area contributed by atoms with Crippen molar-refractivity contribution in [3.05, 3.63) is 40.8 Å². The number of aromatic amines is 1. The Morgan fingerprint density at radius 2 is 2.29 bits per heavy atom. The van der Waals surface area contributed by atoms with Crippen molar-refractivity contribution < 1.29 is 9.90 Å². The zero-order valence-electron chi connectivity index (χ0n) is 8.98. The van der Waals surface area contributed by atoms with E-state index in [2.05, 4.69) is 25.9 Å². The van der Waals surface area contributed by atoms with Gasteiger partial charge in [0.05, 0.1) is 18.3 Å². The number of carboxylic acid groups (broad SMARTS) is 1. The number of H-pyrrole nitrogens is 1. The standard InChI is InChI=1S/C12H11BrN2O2/c13-9-3-1-2-8(6-9)10-7-14-11(15-10)4-5-12(16)17/h1-3,6-7H,4-5H2,(H,14,15)(H,16,17). The quantitative estimate of drug-likeness (QED) is 0.911. The third-order valence-electron chi connectivity index (χ3n) is 2.34. The predicted molar refractivity (Wildman–Crippen MR) is 67.7 cm³/mol. The summed E-state index contributed by atoms with van der Waals surface area (Å²) in [5.74, 6) is -0.118. The molecule has 0 saturated carbocycles. The summed E-state index contributed by atoms with van der Waals surface area (Å²) in [5, 5.41) is 8.59. The van der Waals surface area contributed by atoms with E-state index in [4.69, 9.17) is 5.11 Å². The van der Waals surface area contributed by atoms with Crippen LogP contribution < -0.4 is 0 Å². The van der Waals surface area contributed by atoms with Crippen LogP contribution in [0.5, 0.6) is 0 Å². The van der Waals surface area contributed by atoms with Crippen LogP contribution in [0.4, 0.5) is 0 Å². The van der Waals surface area contributed by atoms with Crippen molar-refractivity contribution >= 4 is 21.9 Å². The molecule has 1 aromatic carbocycles. The summed E-state index contributed by atoms with van der Waals surface area (Å²) in [5.41, 5.74) is 1.92. The average molecular weight is 295 g/mol. The van der Waals surface area contributed by atoms with Crippen LogP contribution in [0.25, 0.3) is 11.3 Å². The molecule has 5 heteroatoms. The number of nitrogens with one attached hydrogen (secondary N) is 1. The van der Waals surface area contributed by atoms with E-state index >= 15 is 0 Å². The highest BCUT2D eigenvalue weighted by Crippen LogP contribution is 2.21. The van der Waals surface area contributed by atoms with Gasteiger partial charge in [0.15, 0.2) is 0 Å². The Kier molecular flexibility index (Phi) is 3.58. The maximum Gasteiger partial charge on any atom is 0.303 e. The number of carbonyl (C=O) groups is 1. The van der Waals surface area contributed by atoms with Crippen LogP contribution in [0, 0.1) is 0 Å². The fourth-order valence-corrected chi connectivity index (χ4v) is 1.92. The molecule has 17 heavy (non-hydrogen) atoms. The summed E-state index contributed by atoms with van der Waals surface area (Å²) in [7, 11) is 0. The maximum absolute atomic E-state index is 10.4. The molecule has 0 amide bonds. The smallest absolute Gasteiger partial charge is 0.303 e. The highest BCUT2D eigenvalue weighted by atomic mass is 79.9. The number of benzene rings is 1. The first-order chi connectivity index (χ1) is 8.15. The summed E-state index contributed by atoms with van der Waals surface area (Å²) in [4.78, 5) is 17.7. The number of carboxylic acids is 1. The summed E-state index contributed by atoms with van der Waals surface area (Å²) < 4.78 is 0.997. The first-order valence-electron chi connectivity index (χ1n) is 5.17. The van der Waals surface area contributed by atoms with Gasteiger partial charge < -0.3 is 10.1 Å². The van der Waals surface area contributed by atoms with E-state index in [1.165, 1.54) is 0 Å². The van der Waals surface area contributed by atoms with E-state index in [1.54, 1.807) is 6.20 Å². The summed E-state index contributed by atoms with van der Waals surface area (Å²) in [6, 6.07) is 7.84. The molecule has 0 atom stereocenters. The molecule has 0 saturated heterocycles. The lowest BCUT2D eigenvalue weighted by Gasteiger charge is -1.98. The number of hydrogen-bond donors (Lipinski definition) is 2. The Morgan fingerprint density at radius 1 is 1.47 bits per heavy atom. The van der Waals surface area contributed by atoms with E-state index in [9.17, 15) is 4.79 Å². The molecule has 0 aliphatic heterocycles. The van der Waals surface area contributed by atoms with Gasteiger partial charge in [-0.1, -0.05) is 28.1 Å². The Morgan fingerprint density at radius 3 is 3.00 bits per heavy atom. The summed E-state index contributed by atoms with van der Waals surface area (Å²) >= 11 is 3.40. The van der Waals surface area contributed by atoms with Crippen molar-refractivity contribution in [2.24, 2.45) is 0 Å². The lowest BCUT2D eigenvalue weighted by Crippen LogP contribution is -1.98. The zero-order chi connectivity index (χ0) is 12.3. The van der Waals surface area contributed by atoms with Crippen molar-refractivity contribution in [1.29, 1.82) is 0 Å². The predicted octanol–water partition coefficient (Wildman–Crippen LogP) is 2.86. The minimum atomic E-state index is -0.814. The van der Waals surface area contributed by atoms with Gasteiger partial charge in [0, 0.05) is 16.5 Å². The largest absolute Gasteiger partial charge is 0.481 e. The van der Waals surface area contributed by atoms with Gasteiger partial charge in [-0.2, -0.15) is 0 Å². The molecule has 0 fully saturated rings. The maximum atomic E-state index is 10.4. The van der Waals surface area contributed by atoms with E-state index in [0.717, 1.165) is 15.7 Å².